The van der Waals surface area contributed by atoms with Crippen molar-refractivity contribution in [1.82, 2.24) is 0 Å². The number of anilines is 1. The summed E-state index contributed by atoms with van der Waals surface area (Å²) in [6.07, 6.45) is 2.59. The van der Waals surface area contributed by atoms with Crippen LogP contribution in [0.25, 0.3) is 0 Å². The number of carbonyl (C=O) groups excluding carboxylic acids is 1. The Balaban J connectivity index is 1.79. The normalized spacial score (nSPS) is 10.6. The van der Waals surface area contributed by atoms with Gasteiger partial charge >= 0.3 is 0 Å². The minimum Gasteiger partial charge on any atom is -0.386 e. The van der Waals surface area contributed by atoms with E-state index in [2.05, 4.69) is 17.4 Å². The second-order valence-electron chi connectivity index (χ2n) is 4.96. The fourth-order valence-electron chi connectivity index (χ4n) is 1.94. The van der Waals surface area contributed by atoms with Gasteiger partial charge in [-0.25, -0.2) is 0 Å². The van der Waals surface area contributed by atoms with Gasteiger partial charge in [0.25, 0.3) is 5.91 Å². The van der Waals surface area contributed by atoms with Gasteiger partial charge in [0.1, 0.15) is 0 Å². The van der Waals surface area contributed by atoms with Gasteiger partial charge in [-0.2, -0.15) is 0 Å². The SMILES string of the molecule is CCc1ccc(NC(=O)CO/N=C/c2ccccc2C)cc1. The minimum atomic E-state index is -0.230. The molecule has 0 bridgehead atoms. The van der Waals surface area contributed by atoms with Gasteiger partial charge in [0, 0.05) is 5.69 Å². The van der Waals surface area contributed by atoms with Crippen LogP contribution in [0.1, 0.15) is 23.6 Å². The highest BCUT2D eigenvalue weighted by Gasteiger charge is 2.02. The van der Waals surface area contributed by atoms with Crippen LogP contribution in [0.15, 0.2) is 53.7 Å². The number of nitrogens with zero attached hydrogens (tertiary/aromatic N) is 1. The maximum absolute atomic E-state index is 11.7. The Kier molecular flexibility index (Phi) is 5.72. The molecular weight excluding hydrogens is 276 g/mol. The van der Waals surface area contributed by atoms with Crippen LogP contribution in [0.4, 0.5) is 5.69 Å². The summed E-state index contributed by atoms with van der Waals surface area (Å²) in [5, 5.41) is 6.59. The molecule has 4 nitrogen and oxygen atoms in total. The maximum Gasteiger partial charge on any atom is 0.265 e. The van der Waals surface area contributed by atoms with Crippen molar-refractivity contribution in [2.24, 2.45) is 5.16 Å². The third-order valence-corrected chi connectivity index (χ3v) is 3.30. The van der Waals surface area contributed by atoms with Crippen LogP contribution in [0.5, 0.6) is 0 Å². The number of hydrogen-bond donors (Lipinski definition) is 1. The topological polar surface area (TPSA) is 50.7 Å². The Labute approximate surface area is 130 Å². The molecule has 0 saturated carbocycles. The van der Waals surface area contributed by atoms with Gasteiger partial charge in [-0.15, -0.1) is 0 Å². The smallest absolute Gasteiger partial charge is 0.265 e. The van der Waals surface area contributed by atoms with Crippen molar-refractivity contribution in [1.29, 1.82) is 0 Å². The van der Waals surface area contributed by atoms with Crippen molar-refractivity contribution < 1.29 is 9.63 Å². The summed E-state index contributed by atoms with van der Waals surface area (Å²) in [6.45, 7) is 3.97. The highest BCUT2D eigenvalue weighted by atomic mass is 16.6. The molecule has 0 aliphatic carbocycles. The monoisotopic (exact) mass is 296 g/mol. The zero-order valence-corrected chi connectivity index (χ0v) is 12.9. The molecule has 0 unspecified atom stereocenters. The zero-order chi connectivity index (χ0) is 15.8. The third kappa shape index (κ3) is 4.74. The average Bonchev–Trinajstić information content (AvgIpc) is 2.54. The lowest BCUT2D eigenvalue weighted by Gasteiger charge is -2.05. The maximum atomic E-state index is 11.7. The van der Waals surface area contributed by atoms with Crippen LogP contribution in [-0.2, 0) is 16.1 Å². The number of aryl methyl sites for hydroxylation is 2. The number of nitrogens with one attached hydrogen (secondary N) is 1. The van der Waals surface area contributed by atoms with Crippen molar-refractivity contribution in [2.45, 2.75) is 20.3 Å². The molecule has 114 valence electrons. The number of amides is 1. The molecular formula is C18H20N2O2. The Bertz CT molecular complexity index is 648. The van der Waals surface area contributed by atoms with E-state index in [0.717, 1.165) is 23.2 Å². The molecule has 2 rings (SSSR count). The molecule has 0 aliphatic rings. The first-order valence-electron chi connectivity index (χ1n) is 7.29. The van der Waals surface area contributed by atoms with E-state index in [1.165, 1.54) is 5.56 Å². The van der Waals surface area contributed by atoms with E-state index in [9.17, 15) is 4.79 Å². The highest BCUT2D eigenvalue weighted by Crippen LogP contribution is 2.09. The van der Waals surface area contributed by atoms with Gasteiger partial charge in [0.15, 0.2) is 6.61 Å². The van der Waals surface area contributed by atoms with Crippen LogP contribution in [0.3, 0.4) is 0 Å². The molecule has 2 aromatic rings. The van der Waals surface area contributed by atoms with Crippen molar-refractivity contribution in [3.05, 3.63) is 65.2 Å². The number of hydrogen-bond acceptors (Lipinski definition) is 3. The van der Waals surface area contributed by atoms with E-state index in [4.69, 9.17) is 4.84 Å². The largest absolute Gasteiger partial charge is 0.386 e. The van der Waals surface area contributed by atoms with Gasteiger partial charge in [-0.3, -0.25) is 4.79 Å². The van der Waals surface area contributed by atoms with Gasteiger partial charge in [-0.1, -0.05) is 48.5 Å². The summed E-state index contributed by atoms with van der Waals surface area (Å²) in [7, 11) is 0. The Morgan fingerprint density at radius 1 is 1.18 bits per heavy atom. The van der Waals surface area contributed by atoms with Crippen molar-refractivity contribution in [2.75, 3.05) is 11.9 Å². The van der Waals surface area contributed by atoms with E-state index < -0.39 is 0 Å². The minimum absolute atomic E-state index is 0.113. The fourth-order valence-corrected chi connectivity index (χ4v) is 1.94. The summed E-state index contributed by atoms with van der Waals surface area (Å²) >= 11 is 0. The van der Waals surface area contributed by atoms with E-state index in [1.54, 1.807) is 6.21 Å². The molecule has 22 heavy (non-hydrogen) atoms. The predicted molar refractivity (Wildman–Crippen MR) is 89.2 cm³/mol. The second kappa shape index (κ2) is 7.98. The van der Waals surface area contributed by atoms with Crippen LogP contribution < -0.4 is 5.32 Å². The van der Waals surface area contributed by atoms with E-state index in [1.807, 2.05) is 55.5 Å². The molecule has 0 spiro atoms. The van der Waals surface area contributed by atoms with Gasteiger partial charge in [0.2, 0.25) is 0 Å². The summed E-state index contributed by atoms with van der Waals surface area (Å²) in [5.41, 5.74) is 4.07. The van der Waals surface area contributed by atoms with Crippen molar-refractivity contribution in [3.8, 4) is 0 Å². The number of rotatable bonds is 6. The van der Waals surface area contributed by atoms with Crippen molar-refractivity contribution >= 4 is 17.8 Å². The number of carbonyl (C=O) groups is 1. The van der Waals surface area contributed by atoms with E-state index in [0.29, 0.717) is 0 Å². The first-order valence-corrected chi connectivity index (χ1v) is 7.29. The first-order chi connectivity index (χ1) is 10.7. The first kappa shape index (κ1) is 15.8. The van der Waals surface area contributed by atoms with E-state index >= 15 is 0 Å². The lowest BCUT2D eigenvalue weighted by molar-refractivity contribution is -0.120. The second-order valence-corrected chi connectivity index (χ2v) is 4.96. The number of oxime groups is 1. The quantitative estimate of drug-likeness (QED) is 0.654. The molecule has 1 amide bonds. The molecule has 0 radical (unpaired) electrons. The van der Waals surface area contributed by atoms with Crippen molar-refractivity contribution in [3.63, 3.8) is 0 Å². The highest BCUT2D eigenvalue weighted by molar-refractivity contribution is 5.91. The predicted octanol–water partition coefficient (Wildman–Crippen LogP) is 3.55. The Hall–Kier alpha value is -2.62. The third-order valence-electron chi connectivity index (χ3n) is 3.30. The Morgan fingerprint density at radius 3 is 2.59 bits per heavy atom. The average molecular weight is 296 g/mol. The Morgan fingerprint density at radius 2 is 1.91 bits per heavy atom. The lowest BCUT2D eigenvalue weighted by Crippen LogP contribution is -2.16. The summed E-state index contributed by atoms with van der Waals surface area (Å²) < 4.78 is 0. The van der Waals surface area contributed by atoms with Crippen LogP contribution >= 0.6 is 0 Å². The molecule has 0 aliphatic heterocycles. The van der Waals surface area contributed by atoms with E-state index in [-0.39, 0.29) is 12.5 Å². The van der Waals surface area contributed by atoms with Gasteiger partial charge < -0.3 is 10.2 Å². The van der Waals surface area contributed by atoms with Gasteiger partial charge in [-0.05, 0) is 42.2 Å². The molecule has 1 N–H and O–H groups in total. The molecule has 0 saturated heterocycles. The molecule has 2 aromatic carbocycles. The van der Waals surface area contributed by atoms with Gasteiger partial charge in [0.05, 0.1) is 6.21 Å². The summed E-state index contributed by atoms with van der Waals surface area (Å²) in [5.74, 6) is -0.230. The fraction of sp³-hybridized carbons (Fsp3) is 0.222. The van der Waals surface area contributed by atoms with Crippen LogP contribution in [0.2, 0.25) is 0 Å². The number of benzene rings is 2. The van der Waals surface area contributed by atoms with Crippen LogP contribution in [0, 0.1) is 6.92 Å². The molecule has 0 fully saturated rings. The summed E-state index contributed by atoms with van der Waals surface area (Å²) in [6, 6.07) is 15.6. The molecule has 4 heteroatoms. The molecule has 0 atom stereocenters. The molecule has 0 aromatic heterocycles. The molecule has 0 heterocycles. The van der Waals surface area contributed by atoms with Crippen LogP contribution in [-0.4, -0.2) is 18.7 Å². The zero-order valence-electron chi connectivity index (χ0n) is 12.9. The summed E-state index contributed by atoms with van der Waals surface area (Å²) in [4.78, 5) is 16.8. The lowest BCUT2D eigenvalue weighted by atomic mass is 10.1. The standard InChI is InChI=1S/C18H20N2O2/c1-3-15-8-10-17(11-9-15)20-18(21)13-22-19-12-16-7-5-4-6-14(16)2/h4-12H,3,13H2,1-2H3,(H,20,21)/b19-12+.